The van der Waals surface area contributed by atoms with Crippen LogP contribution in [0.3, 0.4) is 0 Å². The molecular formula is C11H12BrN5O2. The average Bonchev–Trinajstić information content (AvgIpc) is 2.93. The number of rotatable bonds is 4. The standard InChI is InChI=1S/C11H12BrN5O2/c1-6(10-14-16-17-15-10)13-11(18)8-5-7(19-2)3-4-9(8)12/h3-6H,1-2H3,(H,13,18)(H,14,15,16,17). The Labute approximate surface area is 117 Å². The van der Waals surface area contributed by atoms with Gasteiger partial charge in [-0.1, -0.05) is 5.21 Å². The van der Waals surface area contributed by atoms with Crippen LogP contribution in [0.2, 0.25) is 0 Å². The molecule has 0 bridgehead atoms. The zero-order valence-corrected chi connectivity index (χ0v) is 11.9. The Balaban J connectivity index is 2.16. The number of ether oxygens (including phenoxy) is 1. The number of aromatic nitrogens is 4. The van der Waals surface area contributed by atoms with Gasteiger partial charge in [0.25, 0.3) is 5.91 Å². The molecule has 1 atom stereocenters. The third-order valence-electron chi connectivity index (χ3n) is 2.51. The van der Waals surface area contributed by atoms with Crippen LogP contribution in [0, 0.1) is 0 Å². The van der Waals surface area contributed by atoms with E-state index >= 15 is 0 Å². The first-order valence-electron chi connectivity index (χ1n) is 5.49. The van der Waals surface area contributed by atoms with Gasteiger partial charge < -0.3 is 10.1 Å². The number of carbonyl (C=O) groups is 1. The summed E-state index contributed by atoms with van der Waals surface area (Å²) in [6.07, 6.45) is 0. The van der Waals surface area contributed by atoms with Gasteiger partial charge in [-0.3, -0.25) is 4.79 Å². The first kappa shape index (κ1) is 13.5. The molecule has 2 aromatic rings. The number of carbonyl (C=O) groups excluding carboxylic acids is 1. The van der Waals surface area contributed by atoms with Crippen LogP contribution in [0.15, 0.2) is 22.7 Å². The maximum atomic E-state index is 12.2. The zero-order chi connectivity index (χ0) is 13.8. The summed E-state index contributed by atoms with van der Waals surface area (Å²) in [5, 5.41) is 16.2. The van der Waals surface area contributed by atoms with E-state index in [-0.39, 0.29) is 11.9 Å². The van der Waals surface area contributed by atoms with Crippen molar-refractivity contribution in [1.29, 1.82) is 0 Å². The van der Waals surface area contributed by atoms with Crippen molar-refractivity contribution in [3.8, 4) is 5.75 Å². The number of hydrogen-bond acceptors (Lipinski definition) is 5. The zero-order valence-electron chi connectivity index (χ0n) is 10.3. The Hall–Kier alpha value is -1.96. The number of nitrogens with zero attached hydrogens (tertiary/aromatic N) is 3. The predicted octanol–water partition coefficient (Wildman–Crippen LogP) is 1.46. The van der Waals surface area contributed by atoms with E-state index in [4.69, 9.17) is 4.74 Å². The molecule has 0 saturated carbocycles. The summed E-state index contributed by atoms with van der Waals surface area (Å²) in [7, 11) is 1.55. The minimum absolute atomic E-state index is 0.247. The minimum Gasteiger partial charge on any atom is -0.497 e. The van der Waals surface area contributed by atoms with Crippen molar-refractivity contribution in [3.05, 3.63) is 34.1 Å². The molecular weight excluding hydrogens is 314 g/mol. The van der Waals surface area contributed by atoms with Gasteiger partial charge in [0.05, 0.1) is 18.7 Å². The highest BCUT2D eigenvalue weighted by Crippen LogP contribution is 2.23. The fourth-order valence-electron chi connectivity index (χ4n) is 1.50. The molecule has 0 aliphatic rings. The van der Waals surface area contributed by atoms with E-state index < -0.39 is 0 Å². The summed E-state index contributed by atoms with van der Waals surface area (Å²) in [6, 6.07) is 4.84. The van der Waals surface area contributed by atoms with Crippen molar-refractivity contribution in [1.82, 2.24) is 25.9 Å². The molecule has 0 aliphatic heterocycles. The number of amides is 1. The highest BCUT2D eigenvalue weighted by Gasteiger charge is 2.17. The molecule has 7 nitrogen and oxygen atoms in total. The Bertz CT molecular complexity index is 572. The predicted molar refractivity (Wildman–Crippen MR) is 70.8 cm³/mol. The van der Waals surface area contributed by atoms with E-state index in [0.29, 0.717) is 21.6 Å². The highest BCUT2D eigenvalue weighted by molar-refractivity contribution is 9.10. The van der Waals surface area contributed by atoms with Crippen molar-refractivity contribution in [2.24, 2.45) is 0 Å². The van der Waals surface area contributed by atoms with Crippen LogP contribution < -0.4 is 10.1 Å². The van der Waals surface area contributed by atoms with E-state index in [1.807, 2.05) is 0 Å². The molecule has 2 N–H and O–H groups in total. The smallest absolute Gasteiger partial charge is 0.253 e. The maximum Gasteiger partial charge on any atom is 0.253 e. The van der Waals surface area contributed by atoms with Crippen molar-refractivity contribution in [2.75, 3.05) is 7.11 Å². The highest BCUT2D eigenvalue weighted by atomic mass is 79.9. The molecule has 0 aliphatic carbocycles. The van der Waals surface area contributed by atoms with Crippen LogP contribution in [-0.2, 0) is 0 Å². The number of aromatic amines is 1. The first-order valence-corrected chi connectivity index (χ1v) is 6.29. The van der Waals surface area contributed by atoms with E-state index in [0.717, 1.165) is 0 Å². The third-order valence-corrected chi connectivity index (χ3v) is 3.21. The molecule has 19 heavy (non-hydrogen) atoms. The van der Waals surface area contributed by atoms with Crippen LogP contribution in [0.25, 0.3) is 0 Å². The second kappa shape index (κ2) is 5.79. The van der Waals surface area contributed by atoms with Crippen molar-refractivity contribution in [2.45, 2.75) is 13.0 Å². The quantitative estimate of drug-likeness (QED) is 0.887. The normalized spacial score (nSPS) is 11.9. The molecule has 0 radical (unpaired) electrons. The maximum absolute atomic E-state index is 12.2. The number of methoxy groups -OCH3 is 1. The first-order chi connectivity index (χ1) is 9.11. The Kier molecular flexibility index (Phi) is 4.10. The molecule has 0 spiro atoms. The van der Waals surface area contributed by atoms with Crippen LogP contribution >= 0.6 is 15.9 Å². The SMILES string of the molecule is COc1ccc(Br)c(C(=O)NC(C)c2nn[nH]n2)c1. The molecule has 1 heterocycles. The molecule has 8 heteroatoms. The van der Waals surface area contributed by atoms with Gasteiger partial charge in [-0.15, -0.1) is 10.2 Å². The largest absolute Gasteiger partial charge is 0.497 e. The summed E-state index contributed by atoms with van der Waals surface area (Å²) >= 11 is 3.33. The molecule has 1 aromatic carbocycles. The van der Waals surface area contributed by atoms with Gasteiger partial charge in [0.2, 0.25) is 0 Å². The van der Waals surface area contributed by atoms with Crippen LogP contribution in [0.1, 0.15) is 29.1 Å². The second-order valence-electron chi connectivity index (χ2n) is 3.81. The molecule has 0 fully saturated rings. The van der Waals surface area contributed by atoms with Crippen molar-refractivity contribution in [3.63, 3.8) is 0 Å². The van der Waals surface area contributed by atoms with Crippen molar-refractivity contribution >= 4 is 21.8 Å². The monoisotopic (exact) mass is 325 g/mol. The lowest BCUT2D eigenvalue weighted by molar-refractivity contribution is 0.0937. The number of H-pyrrole nitrogens is 1. The van der Waals surface area contributed by atoms with Gasteiger partial charge >= 0.3 is 0 Å². The topological polar surface area (TPSA) is 92.8 Å². The van der Waals surface area contributed by atoms with E-state index in [2.05, 4.69) is 41.9 Å². The van der Waals surface area contributed by atoms with Crippen LogP contribution in [0.5, 0.6) is 5.75 Å². The lowest BCUT2D eigenvalue weighted by Gasteiger charge is -2.11. The Morgan fingerprint density at radius 1 is 1.53 bits per heavy atom. The summed E-state index contributed by atoms with van der Waals surface area (Å²) in [4.78, 5) is 12.2. The number of benzene rings is 1. The van der Waals surface area contributed by atoms with E-state index in [9.17, 15) is 4.79 Å². The lowest BCUT2D eigenvalue weighted by atomic mass is 10.2. The fourth-order valence-corrected chi connectivity index (χ4v) is 1.92. The number of halogens is 1. The summed E-state index contributed by atoms with van der Waals surface area (Å²) in [5.41, 5.74) is 0.481. The van der Waals surface area contributed by atoms with E-state index in [1.54, 1.807) is 32.2 Å². The Morgan fingerprint density at radius 3 is 2.95 bits per heavy atom. The van der Waals surface area contributed by atoms with Gasteiger partial charge in [-0.05, 0) is 41.1 Å². The lowest BCUT2D eigenvalue weighted by Crippen LogP contribution is -2.27. The average molecular weight is 326 g/mol. The molecule has 0 saturated heterocycles. The molecule has 100 valence electrons. The molecule has 2 rings (SSSR count). The van der Waals surface area contributed by atoms with Crippen LogP contribution in [-0.4, -0.2) is 33.6 Å². The summed E-state index contributed by atoms with van der Waals surface area (Å²) < 4.78 is 5.78. The number of tetrazole rings is 1. The van der Waals surface area contributed by atoms with Gasteiger partial charge in [0, 0.05) is 4.47 Å². The number of hydrogen-bond donors (Lipinski definition) is 2. The van der Waals surface area contributed by atoms with Gasteiger partial charge in [0.15, 0.2) is 5.82 Å². The van der Waals surface area contributed by atoms with E-state index in [1.165, 1.54) is 0 Å². The Morgan fingerprint density at radius 2 is 2.32 bits per heavy atom. The summed E-state index contributed by atoms with van der Waals surface area (Å²) in [5.74, 6) is 0.788. The van der Waals surface area contributed by atoms with Gasteiger partial charge in [-0.25, -0.2) is 0 Å². The molecule has 1 amide bonds. The number of nitrogens with one attached hydrogen (secondary N) is 2. The van der Waals surface area contributed by atoms with Gasteiger partial charge in [0.1, 0.15) is 5.75 Å². The third kappa shape index (κ3) is 3.08. The van der Waals surface area contributed by atoms with Crippen molar-refractivity contribution < 1.29 is 9.53 Å². The second-order valence-corrected chi connectivity index (χ2v) is 4.67. The van der Waals surface area contributed by atoms with Gasteiger partial charge in [-0.2, -0.15) is 5.21 Å². The fraction of sp³-hybridized carbons (Fsp3) is 0.273. The van der Waals surface area contributed by atoms with Crippen LogP contribution in [0.4, 0.5) is 0 Å². The molecule has 1 unspecified atom stereocenters. The minimum atomic E-state index is -0.343. The molecule has 1 aromatic heterocycles. The summed E-state index contributed by atoms with van der Waals surface area (Å²) in [6.45, 7) is 1.77.